The first-order valence-electron chi connectivity index (χ1n) is 6.78. The Bertz CT molecular complexity index is 813. The Morgan fingerprint density at radius 3 is 3.09 bits per heavy atom. The lowest BCUT2D eigenvalue weighted by Crippen LogP contribution is -2.47. The van der Waals surface area contributed by atoms with Crippen LogP contribution in [0.2, 0.25) is 0 Å². The Hall–Kier alpha value is -1.99. The predicted octanol–water partition coefficient (Wildman–Crippen LogP) is 3.00. The van der Waals surface area contributed by atoms with Crippen LogP contribution in [0.3, 0.4) is 0 Å². The highest BCUT2D eigenvalue weighted by molar-refractivity contribution is 9.10. The number of rotatable bonds is 1. The fourth-order valence-electron chi connectivity index (χ4n) is 2.51. The smallest absolute Gasteiger partial charge is 0.268 e. The molecule has 5 nitrogen and oxygen atoms in total. The first-order chi connectivity index (χ1) is 10.7. The molecule has 0 saturated carbocycles. The lowest BCUT2D eigenvalue weighted by molar-refractivity contribution is 0.0978. The minimum absolute atomic E-state index is 0.138. The standard InChI is InChI=1S/C15H11BrN4OS/c16-9-3-4-11-10(8-9)13-17-5-6-20(13)15(18-11)19-14(21)12-2-1-7-22-12/h1-4,7-8H,5-6H2,(H,18,19,21). The van der Waals surface area contributed by atoms with Gasteiger partial charge in [0.1, 0.15) is 5.84 Å². The number of carbonyl (C=O) groups is 1. The van der Waals surface area contributed by atoms with Gasteiger partial charge in [0.25, 0.3) is 5.91 Å². The van der Waals surface area contributed by atoms with Crippen LogP contribution in [-0.2, 0) is 0 Å². The van der Waals surface area contributed by atoms with Crippen molar-refractivity contribution in [1.82, 2.24) is 10.2 Å². The number of aliphatic imine (C=N–C) groups is 2. The lowest BCUT2D eigenvalue weighted by atomic mass is 10.1. The quantitative estimate of drug-likeness (QED) is 0.833. The van der Waals surface area contributed by atoms with Crippen LogP contribution in [0.4, 0.5) is 5.69 Å². The fraction of sp³-hybridized carbons (Fsp3) is 0.133. The Balaban J connectivity index is 1.72. The van der Waals surface area contributed by atoms with E-state index in [9.17, 15) is 4.79 Å². The third-order valence-electron chi connectivity index (χ3n) is 3.49. The molecular formula is C15H11BrN4OS. The van der Waals surface area contributed by atoms with Gasteiger partial charge in [-0.05, 0) is 29.6 Å². The normalized spacial score (nSPS) is 15.8. The number of hydrogen-bond acceptors (Lipinski definition) is 5. The second-order valence-corrected chi connectivity index (χ2v) is 6.75. The number of fused-ring (bicyclic) bond motifs is 3. The van der Waals surface area contributed by atoms with Crippen molar-refractivity contribution < 1.29 is 4.79 Å². The summed E-state index contributed by atoms with van der Waals surface area (Å²) in [4.78, 5) is 24.0. The molecular weight excluding hydrogens is 364 g/mol. The van der Waals surface area contributed by atoms with Gasteiger partial charge in [0.05, 0.1) is 17.1 Å². The Morgan fingerprint density at radius 1 is 1.36 bits per heavy atom. The minimum atomic E-state index is -0.138. The zero-order valence-corrected chi connectivity index (χ0v) is 13.8. The maximum atomic E-state index is 12.3. The average molecular weight is 375 g/mol. The van der Waals surface area contributed by atoms with Gasteiger partial charge in [-0.25, -0.2) is 4.99 Å². The van der Waals surface area contributed by atoms with E-state index in [1.807, 2.05) is 34.5 Å². The number of nitrogens with zero attached hydrogens (tertiary/aromatic N) is 3. The zero-order chi connectivity index (χ0) is 15.1. The van der Waals surface area contributed by atoms with E-state index in [0.29, 0.717) is 17.4 Å². The van der Waals surface area contributed by atoms with Crippen molar-refractivity contribution in [3.8, 4) is 0 Å². The molecule has 0 saturated heterocycles. The summed E-state index contributed by atoms with van der Waals surface area (Å²) in [5, 5.41) is 4.79. The molecule has 2 aliphatic heterocycles. The van der Waals surface area contributed by atoms with Gasteiger partial charge in [-0.1, -0.05) is 22.0 Å². The van der Waals surface area contributed by atoms with Crippen LogP contribution in [0, 0.1) is 0 Å². The molecule has 0 aliphatic carbocycles. The van der Waals surface area contributed by atoms with Crippen molar-refractivity contribution in [3.63, 3.8) is 0 Å². The van der Waals surface area contributed by atoms with Crippen LogP contribution in [0.15, 0.2) is 50.2 Å². The average Bonchev–Trinajstić information content (AvgIpc) is 3.19. The van der Waals surface area contributed by atoms with Gasteiger partial charge in [-0.15, -0.1) is 11.3 Å². The van der Waals surface area contributed by atoms with Crippen LogP contribution >= 0.6 is 27.3 Å². The number of hydrogen-bond donors (Lipinski definition) is 1. The molecule has 4 rings (SSSR count). The molecule has 0 atom stereocenters. The fourth-order valence-corrected chi connectivity index (χ4v) is 3.49. The number of carbonyl (C=O) groups excluding carboxylic acids is 1. The highest BCUT2D eigenvalue weighted by Gasteiger charge is 2.30. The molecule has 110 valence electrons. The molecule has 0 spiro atoms. The summed E-state index contributed by atoms with van der Waals surface area (Å²) in [6.45, 7) is 1.43. The van der Waals surface area contributed by atoms with Gasteiger partial charge in [0.15, 0.2) is 0 Å². The van der Waals surface area contributed by atoms with Crippen LogP contribution in [0.5, 0.6) is 0 Å². The van der Waals surface area contributed by atoms with Crippen molar-refractivity contribution in [2.24, 2.45) is 9.98 Å². The van der Waals surface area contributed by atoms with Crippen molar-refractivity contribution in [3.05, 3.63) is 50.6 Å². The van der Waals surface area contributed by atoms with Crippen LogP contribution in [-0.4, -0.2) is 35.7 Å². The summed E-state index contributed by atoms with van der Waals surface area (Å²) >= 11 is 4.89. The van der Waals surface area contributed by atoms with Crippen LogP contribution in [0.25, 0.3) is 0 Å². The molecule has 0 radical (unpaired) electrons. The highest BCUT2D eigenvalue weighted by Crippen LogP contribution is 2.30. The Morgan fingerprint density at radius 2 is 2.27 bits per heavy atom. The van der Waals surface area contributed by atoms with E-state index < -0.39 is 0 Å². The van der Waals surface area contributed by atoms with Crippen molar-refractivity contribution in [2.45, 2.75) is 0 Å². The molecule has 22 heavy (non-hydrogen) atoms. The second-order valence-electron chi connectivity index (χ2n) is 4.89. The summed E-state index contributed by atoms with van der Waals surface area (Å²) in [7, 11) is 0. The molecule has 7 heteroatoms. The summed E-state index contributed by atoms with van der Waals surface area (Å²) in [5.41, 5.74) is 1.81. The first-order valence-corrected chi connectivity index (χ1v) is 8.45. The Labute approximate surface area is 139 Å². The maximum absolute atomic E-state index is 12.3. The number of halogens is 1. The van der Waals surface area contributed by atoms with Gasteiger partial charge >= 0.3 is 0 Å². The molecule has 1 aromatic carbocycles. The van der Waals surface area contributed by atoms with Gasteiger partial charge in [0.2, 0.25) is 5.96 Å². The first kappa shape index (κ1) is 13.7. The molecule has 1 N–H and O–H groups in total. The van der Waals surface area contributed by atoms with E-state index in [4.69, 9.17) is 0 Å². The molecule has 3 heterocycles. The van der Waals surface area contributed by atoms with Gasteiger partial charge in [-0.3, -0.25) is 20.0 Å². The third kappa shape index (κ3) is 2.26. The monoisotopic (exact) mass is 374 g/mol. The summed E-state index contributed by atoms with van der Waals surface area (Å²) in [6, 6.07) is 9.53. The van der Waals surface area contributed by atoms with E-state index in [2.05, 4.69) is 31.2 Å². The van der Waals surface area contributed by atoms with Crippen molar-refractivity contribution in [2.75, 3.05) is 13.1 Å². The second kappa shape index (κ2) is 5.33. The number of benzene rings is 1. The molecule has 0 unspecified atom stereocenters. The molecule has 0 fully saturated rings. The zero-order valence-electron chi connectivity index (χ0n) is 11.4. The van der Waals surface area contributed by atoms with E-state index in [-0.39, 0.29) is 5.91 Å². The molecule has 2 aromatic rings. The van der Waals surface area contributed by atoms with E-state index in [1.165, 1.54) is 11.3 Å². The predicted molar refractivity (Wildman–Crippen MR) is 91.1 cm³/mol. The van der Waals surface area contributed by atoms with Gasteiger partial charge in [-0.2, -0.15) is 0 Å². The summed E-state index contributed by atoms with van der Waals surface area (Å²) in [6.07, 6.45) is 0. The van der Waals surface area contributed by atoms with Crippen molar-refractivity contribution in [1.29, 1.82) is 0 Å². The number of nitrogens with one attached hydrogen (secondary N) is 1. The summed E-state index contributed by atoms with van der Waals surface area (Å²) < 4.78 is 0.988. The molecule has 1 aromatic heterocycles. The highest BCUT2D eigenvalue weighted by atomic mass is 79.9. The third-order valence-corrected chi connectivity index (χ3v) is 4.85. The SMILES string of the molecule is O=C(NC1=Nc2ccc(Br)cc2C2=NCCN12)c1cccs1. The number of guanidine groups is 1. The van der Waals surface area contributed by atoms with E-state index >= 15 is 0 Å². The molecule has 1 amide bonds. The number of amides is 1. The summed E-state index contributed by atoms with van der Waals surface area (Å²) in [5.74, 6) is 1.28. The maximum Gasteiger partial charge on any atom is 0.268 e. The van der Waals surface area contributed by atoms with Crippen molar-refractivity contribution >= 4 is 50.7 Å². The largest absolute Gasteiger partial charge is 0.294 e. The molecule has 2 aliphatic rings. The topological polar surface area (TPSA) is 57.1 Å². The molecule has 0 bridgehead atoms. The van der Waals surface area contributed by atoms with Crippen LogP contribution < -0.4 is 5.32 Å². The van der Waals surface area contributed by atoms with Gasteiger partial charge in [0, 0.05) is 16.6 Å². The number of amidine groups is 1. The van der Waals surface area contributed by atoms with E-state index in [1.54, 1.807) is 6.07 Å². The minimum Gasteiger partial charge on any atom is -0.294 e. The lowest BCUT2D eigenvalue weighted by Gasteiger charge is -2.27. The van der Waals surface area contributed by atoms with Crippen LogP contribution in [0.1, 0.15) is 15.2 Å². The Kier molecular flexibility index (Phi) is 3.31. The van der Waals surface area contributed by atoms with Gasteiger partial charge < -0.3 is 0 Å². The number of thiophene rings is 1. The van der Waals surface area contributed by atoms with E-state index in [0.717, 1.165) is 28.1 Å².